The first-order chi connectivity index (χ1) is 9.74. The molecule has 0 spiro atoms. The number of rotatable bonds is 5. The Morgan fingerprint density at radius 3 is 2.50 bits per heavy atom. The van der Waals surface area contributed by atoms with Crippen LogP contribution in [0.25, 0.3) is 0 Å². The first-order valence-corrected chi connectivity index (χ1v) is 6.89. The van der Waals surface area contributed by atoms with E-state index in [0.717, 1.165) is 18.2 Å². The Balaban J connectivity index is 1.72. The van der Waals surface area contributed by atoms with Crippen molar-refractivity contribution < 1.29 is 0 Å². The first-order valence-electron chi connectivity index (χ1n) is 6.89. The molecule has 1 fully saturated rings. The quantitative estimate of drug-likeness (QED) is 0.574. The molecule has 1 heterocycles. The number of nitrogens with two attached hydrogens (primary N) is 1. The normalized spacial score (nSPS) is 14.1. The third-order valence-electron chi connectivity index (χ3n) is 3.43. The maximum atomic E-state index is 5.46. The molecule has 2 aromatic rings. The van der Waals surface area contributed by atoms with E-state index in [1.165, 1.54) is 24.0 Å². The predicted octanol–water partition coefficient (Wildman–Crippen LogP) is 2.56. The number of nitrogens with one attached hydrogen (secondary N) is 2. The van der Waals surface area contributed by atoms with Crippen LogP contribution < -0.4 is 16.6 Å². The Morgan fingerprint density at radius 1 is 1.15 bits per heavy atom. The van der Waals surface area contributed by atoms with Crippen LogP contribution in [-0.4, -0.2) is 9.97 Å². The number of aryl methyl sites for hydroxylation is 1. The number of hydrazine groups is 1. The van der Waals surface area contributed by atoms with Gasteiger partial charge in [-0.3, -0.25) is 0 Å². The zero-order chi connectivity index (χ0) is 13.9. The summed E-state index contributed by atoms with van der Waals surface area (Å²) >= 11 is 0. The van der Waals surface area contributed by atoms with Crippen molar-refractivity contribution in [2.75, 3.05) is 10.7 Å². The van der Waals surface area contributed by atoms with Gasteiger partial charge in [0.25, 0.3) is 0 Å². The average molecular weight is 269 g/mol. The van der Waals surface area contributed by atoms with Crippen LogP contribution in [0.1, 0.15) is 35.7 Å². The highest BCUT2D eigenvalue weighted by Gasteiger charge is 2.27. The van der Waals surface area contributed by atoms with Crippen LogP contribution in [0.4, 0.5) is 11.6 Å². The second-order valence-corrected chi connectivity index (χ2v) is 5.25. The standard InChI is InChI=1S/C15H19N5/c1-10-2-4-11(5-3-10)9-17-13-8-14(20-16)19-15(18-13)12-6-7-12/h2-5,8,12H,6-7,9,16H2,1H3,(H2,17,18,19,20). The van der Waals surface area contributed by atoms with Crippen LogP contribution in [0.5, 0.6) is 0 Å². The molecule has 0 amide bonds. The molecular weight excluding hydrogens is 250 g/mol. The maximum absolute atomic E-state index is 5.46. The molecule has 3 rings (SSSR count). The van der Waals surface area contributed by atoms with Crippen LogP contribution in [-0.2, 0) is 6.54 Å². The van der Waals surface area contributed by atoms with Gasteiger partial charge in [0.2, 0.25) is 0 Å². The molecule has 0 aliphatic heterocycles. The summed E-state index contributed by atoms with van der Waals surface area (Å²) in [4.78, 5) is 8.95. The second kappa shape index (κ2) is 5.46. The lowest BCUT2D eigenvalue weighted by molar-refractivity contribution is 0.920. The van der Waals surface area contributed by atoms with Gasteiger partial charge in [-0.2, -0.15) is 0 Å². The van der Waals surface area contributed by atoms with Crippen molar-refractivity contribution in [1.29, 1.82) is 0 Å². The van der Waals surface area contributed by atoms with Crippen LogP contribution in [0.3, 0.4) is 0 Å². The van der Waals surface area contributed by atoms with Gasteiger partial charge in [0.05, 0.1) is 0 Å². The van der Waals surface area contributed by atoms with Crippen molar-refractivity contribution in [3.8, 4) is 0 Å². The fraction of sp³-hybridized carbons (Fsp3) is 0.333. The molecule has 0 bridgehead atoms. The molecule has 0 radical (unpaired) electrons. The molecule has 5 heteroatoms. The Bertz CT molecular complexity index is 590. The summed E-state index contributed by atoms with van der Waals surface area (Å²) in [6.45, 7) is 2.83. The lowest BCUT2D eigenvalue weighted by Gasteiger charge is -2.09. The molecule has 1 saturated carbocycles. The summed E-state index contributed by atoms with van der Waals surface area (Å²) in [6.07, 6.45) is 2.34. The van der Waals surface area contributed by atoms with Gasteiger partial charge in [0.1, 0.15) is 17.5 Å². The predicted molar refractivity (Wildman–Crippen MR) is 80.3 cm³/mol. The number of nitrogen functional groups attached to an aromatic ring is 1. The Labute approximate surface area is 118 Å². The van der Waals surface area contributed by atoms with Gasteiger partial charge >= 0.3 is 0 Å². The Morgan fingerprint density at radius 2 is 1.85 bits per heavy atom. The first kappa shape index (κ1) is 12.9. The zero-order valence-electron chi connectivity index (χ0n) is 11.6. The summed E-state index contributed by atoms with van der Waals surface area (Å²) in [5, 5.41) is 3.33. The highest BCUT2D eigenvalue weighted by atomic mass is 15.3. The third-order valence-corrected chi connectivity index (χ3v) is 3.43. The zero-order valence-corrected chi connectivity index (χ0v) is 11.6. The number of nitrogens with zero attached hydrogens (tertiary/aromatic N) is 2. The van der Waals surface area contributed by atoms with Crippen LogP contribution in [0, 0.1) is 6.92 Å². The minimum Gasteiger partial charge on any atom is -0.366 e. The van der Waals surface area contributed by atoms with Crippen LogP contribution in [0.2, 0.25) is 0 Å². The molecule has 0 saturated heterocycles. The van der Waals surface area contributed by atoms with Crippen molar-refractivity contribution in [1.82, 2.24) is 9.97 Å². The number of benzene rings is 1. The molecule has 1 aromatic heterocycles. The van der Waals surface area contributed by atoms with Gasteiger partial charge in [-0.1, -0.05) is 29.8 Å². The van der Waals surface area contributed by atoms with E-state index < -0.39 is 0 Å². The number of aromatic nitrogens is 2. The average Bonchev–Trinajstić information content (AvgIpc) is 3.31. The second-order valence-electron chi connectivity index (χ2n) is 5.25. The Kier molecular flexibility index (Phi) is 3.52. The maximum Gasteiger partial charge on any atom is 0.145 e. The number of hydrogen-bond acceptors (Lipinski definition) is 5. The summed E-state index contributed by atoms with van der Waals surface area (Å²) in [5.74, 6) is 8.32. The molecule has 20 heavy (non-hydrogen) atoms. The van der Waals surface area contributed by atoms with Gasteiger partial charge in [-0.05, 0) is 25.3 Å². The monoisotopic (exact) mass is 269 g/mol. The van der Waals surface area contributed by atoms with Gasteiger partial charge in [0, 0.05) is 18.5 Å². The topological polar surface area (TPSA) is 75.9 Å². The van der Waals surface area contributed by atoms with Crippen molar-refractivity contribution in [2.24, 2.45) is 5.84 Å². The van der Waals surface area contributed by atoms with Crippen molar-refractivity contribution >= 4 is 11.6 Å². The molecule has 1 aliphatic carbocycles. The minimum absolute atomic E-state index is 0.503. The van der Waals surface area contributed by atoms with Crippen molar-refractivity contribution in [2.45, 2.75) is 32.2 Å². The molecule has 1 aliphatic rings. The molecule has 4 N–H and O–H groups in total. The van der Waals surface area contributed by atoms with Crippen molar-refractivity contribution in [3.05, 3.63) is 47.3 Å². The smallest absolute Gasteiger partial charge is 0.145 e. The van der Waals surface area contributed by atoms with Crippen LogP contribution >= 0.6 is 0 Å². The SMILES string of the molecule is Cc1ccc(CNc2cc(NN)nc(C3CC3)n2)cc1. The molecule has 1 aromatic carbocycles. The highest BCUT2D eigenvalue weighted by Crippen LogP contribution is 2.38. The lowest BCUT2D eigenvalue weighted by Crippen LogP contribution is -2.12. The number of hydrogen-bond donors (Lipinski definition) is 3. The third kappa shape index (κ3) is 3.05. The largest absolute Gasteiger partial charge is 0.366 e. The highest BCUT2D eigenvalue weighted by molar-refractivity contribution is 5.48. The van der Waals surface area contributed by atoms with E-state index in [2.05, 4.69) is 51.9 Å². The van der Waals surface area contributed by atoms with E-state index in [4.69, 9.17) is 5.84 Å². The van der Waals surface area contributed by atoms with E-state index in [-0.39, 0.29) is 0 Å². The molecule has 0 unspecified atom stereocenters. The summed E-state index contributed by atoms with van der Waals surface area (Å²) < 4.78 is 0. The van der Waals surface area contributed by atoms with Gasteiger partial charge in [-0.25, -0.2) is 15.8 Å². The molecule has 104 valence electrons. The summed E-state index contributed by atoms with van der Waals surface area (Å²) in [7, 11) is 0. The van der Waals surface area contributed by atoms with E-state index in [1.54, 1.807) is 0 Å². The summed E-state index contributed by atoms with van der Waals surface area (Å²) in [6, 6.07) is 10.3. The van der Waals surface area contributed by atoms with Gasteiger partial charge in [-0.15, -0.1) is 0 Å². The fourth-order valence-electron chi connectivity index (χ4n) is 2.05. The lowest BCUT2D eigenvalue weighted by atomic mass is 10.1. The Hall–Kier alpha value is -2.14. The summed E-state index contributed by atoms with van der Waals surface area (Å²) in [5.41, 5.74) is 5.10. The van der Waals surface area contributed by atoms with E-state index in [1.807, 2.05) is 6.07 Å². The minimum atomic E-state index is 0.503. The van der Waals surface area contributed by atoms with Crippen molar-refractivity contribution in [3.63, 3.8) is 0 Å². The molecule has 0 atom stereocenters. The fourth-order valence-corrected chi connectivity index (χ4v) is 2.05. The van der Waals surface area contributed by atoms with Gasteiger partial charge in [0.15, 0.2) is 0 Å². The molecular formula is C15H19N5. The van der Waals surface area contributed by atoms with E-state index in [9.17, 15) is 0 Å². The van der Waals surface area contributed by atoms with E-state index >= 15 is 0 Å². The van der Waals surface area contributed by atoms with Gasteiger partial charge < -0.3 is 10.7 Å². The van der Waals surface area contributed by atoms with Crippen LogP contribution in [0.15, 0.2) is 30.3 Å². The molecule has 5 nitrogen and oxygen atoms in total. The number of anilines is 2. The van der Waals surface area contributed by atoms with E-state index in [0.29, 0.717) is 11.7 Å².